The second-order valence-corrected chi connectivity index (χ2v) is 5.81. The fourth-order valence-electron chi connectivity index (χ4n) is 2.49. The van der Waals surface area contributed by atoms with Gasteiger partial charge in [0.2, 0.25) is 0 Å². The first-order chi connectivity index (χ1) is 14.1. The first-order valence-corrected chi connectivity index (χ1v) is 10.6. The molecule has 0 unspecified atom stereocenters. The zero-order valence-corrected chi connectivity index (χ0v) is 20.0. The summed E-state index contributed by atoms with van der Waals surface area (Å²) in [5.74, 6) is 0.701. The third kappa shape index (κ3) is 11.3. The van der Waals surface area contributed by atoms with Crippen LogP contribution in [0.1, 0.15) is 71.6 Å². The van der Waals surface area contributed by atoms with Crippen LogP contribution in [0, 0.1) is 0 Å². The Morgan fingerprint density at radius 3 is 2.31 bits per heavy atom. The molecule has 0 bridgehead atoms. The molecule has 0 radical (unpaired) electrons. The minimum absolute atomic E-state index is 0.566. The van der Waals surface area contributed by atoms with Crippen molar-refractivity contribution in [3.05, 3.63) is 84.0 Å². The molecule has 0 aromatic heterocycles. The summed E-state index contributed by atoms with van der Waals surface area (Å²) in [7, 11) is 1.72. The minimum Gasteiger partial charge on any atom is -0.494 e. The molecule has 0 atom stereocenters. The summed E-state index contributed by atoms with van der Waals surface area (Å²) in [4.78, 5) is 0. The molecule has 0 N–H and O–H groups in total. The van der Waals surface area contributed by atoms with Crippen molar-refractivity contribution in [2.75, 3.05) is 13.7 Å². The van der Waals surface area contributed by atoms with E-state index >= 15 is 0 Å². The lowest BCUT2D eigenvalue weighted by Crippen LogP contribution is -1.98. The Morgan fingerprint density at radius 1 is 1.14 bits per heavy atom. The lowest BCUT2D eigenvalue weighted by molar-refractivity contribution is 0.184. The molecule has 29 heavy (non-hydrogen) atoms. The molecule has 1 aliphatic carbocycles. The van der Waals surface area contributed by atoms with Crippen molar-refractivity contribution in [1.29, 1.82) is 0 Å². The van der Waals surface area contributed by atoms with Crippen LogP contribution in [0.25, 0.3) is 11.3 Å². The minimum atomic E-state index is 0.566. The van der Waals surface area contributed by atoms with Gasteiger partial charge in [-0.1, -0.05) is 82.4 Å². The topological polar surface area (TPSA) is 18.5 Å². The van der Waals surface area contributed by atoms with Gasteiger partial charge in [-0.2, -0.15) is 0 Å². The van der Waals surface area contributed by atoms with Crippen molar-refractivity contribution in [1.82, 2.24) is 0 Å². The molecule has 0 aliphatic heterocycles. The van der Waals surface area contributed by atoms with Gasteiger partial charge in [-0.05, 0) is 50.0 Å². The predicted molar refractivity (Wildman–Crippen MR) is 132 cm³/mol. The Kier molecular flexibility index (Phi) is 18.9. The van der Waals surface area contributed by atoms with Crippen molar-refractivity contribution in [3.8, 4) is 0 Å². The third-order valence-corrected chi connectivity index (χ3v) is 3.64. The summed E-state index contributed by atoms with van der Waals surface area (Å²) in [6.07, 6.45) is 11.5. The van der Waals surface area contributed by atoms with Gasteiger partial charge in [-0.3, -0.25) is 0 Å². The molecular formula is C27H42O2. The van der Waals surface area contributed by atoms with Crippen LogP contribution in [0.2, 0.25) is 0 Å². The highest BCUT2D eigenvalue weighted by molar-refractivity contribution is 5.79. The fraction of sp³-hybridized carbons (Fsp3) is 0.407. The molecule has 0 saturated heterocycles. The van der Waals surface area contributed by atoms with Crippen LogP contribution in [0.3, 0.4) is 0 Å². The highest BCUT2D eigenvalue weighted by atomic mass is 16.5. The average molecular weight is 399 g/mol. The SMILES string of the molecule is C=C(OCC)c1ccc(C2=CC=C(C)CC=C2)c(COC)c1.C=CC.CC.CC. The van der Waals surface area contributed by atoms with Crippen LogP contribution in [-0.2, 0) is 16.1 Å². The van der Waals surface area contributed by atoms with Gasteiger partial charge in [-0.25, -0.2) is 0 Å². The number of hydrogen-bond acceptors (Lipinski definition) is 2. The molecule has 1 aliphatic rings. The molecule has 2 heteroatoms. The molecule has 1 aromatic carbocycles. The molecule has 0 saturated carbocycles. The van der Waals surface area contributed by atoms with Crippen molar-refractivity contribution in [2.45, 2.75) is 61.5 Å². The van der Waals surface area contributed by atoms with E-state index < -0.39 is 0 Å². The molecule has 0 fully saturated rings. The monoisotopic (exact) mass is 398 g/mol. The predicted octanol–water partition coefficient (Wildman–Crippen LogP) is 8.37. The van der Waals surface area contributed by atoms with E-state index in [9.17, 15) is 0 Å². The number of rotatable bonds is 6. The van der Waals surface area contributed by atoms with Gasteiger partial charge in [-0.15, -0.1) is 6.58 Å². The van der Waals surface area contributed by atoms with Crippen LogP contribution in [0.4, 0.5) is 0 Å². The molecule has 2 nitrogen and oxygen atoms in total. The molecule has 2 rings (SSSR count). The Bertz CT molecular complexity index is 676. The molecular weight excluding hydrogens is 356 g/mol. The molecule has 162 valence electrons. The van der Waals surface area contributed by atoms with Crippen molar-refractivity contribution in [2.24, 2.45) is 0 Å². The largest absolute Gasteiger partial charge is 0.494 e. The first kappa shape index (κ1) is 28.9. The van der Waals surface area contributed by atoms with E-state index in [1.165, 1.54) is 16.7 Å². The lowest BCUT2D eigenvalue weighted by atomic mass is 9.96. The Morgan fingerprint density at radius 2 is 1.76 bits per heavy atom. The quantitative estimate of drug-likeness (QED) is 0.354. The average Bonchev–Trinajstić information content (AvgIpc) is 2.96. The maximum absolute atomic E-state index is 5.51. The van der Waals surface area contributed by atoms with E-state index in [-0.39, 0.29) is 0 Å². The lowest BCUT2D eigenvalue weighted by Gasteiger charge is -2.13. The normalized spacial score (nSPS) is 11.6. The van der Waals surface area contributed by atoms with Gasteiger partial charge in [0.15, 0.2) is 0 Å². The Hall–Kier alpha value is -2.32. The van der Waals surface area contributed by atoms with Gasteiger partial charge >= 0.3 is 0 Å². The summed E-state index contributed by atoms with van der Waals surface area (Å²) in [6, 6.07) is 6.29. The standard InChI is InChI=1S/C20H24O2.C3H6.2C2H6/c1-5-22-16(3)18-11-12-20(19(13-18)14-21-4)17-8-6-7-15(2)9-10-17;1-3-2;2*1-2/h6,8-13H,3,5,7,14H2,1-2,4H3;3H,1H2,2H3;2*1-2H3. The fourth-order valence-corrected chi connectivity index (χ4v) is 2.49. The van der Waals surface area contributed by atoms with Crippen molar-refractivity contribution >= 4 is 11.3 Å². The maximum Gasteiger partial charge on any atom is 0.119 e. The summed E-state index contributed by atoms with van der Waals surface area (Å²) in [5.41, 5.74) is 5.91. The van der Waals surface area contributed by atoms with E-state index in [1.54, 1.807) is 13.2 Å². The van der Waals surface area contributed by atoms with Gasteiger partial charge in [0, 0.05) is 12.7 Å². The van der Waals surface area contributed by atoms with Crippen LogP contribution >= 0.6 is 0 Å². The number of methoxy groups -OCH3 is 1. The summed E-state index contributed by atoms with van der Waals surface area (Å²) in [6.45, 7) is 22.5. The Labute approximate surface area is 180 Å². The zero-order valence-electron chi connectivity index (χ0n) is 20.0. The molecule has 0 spiro atoms. The number of allylic oxidation sites excluding steroid dienone is 7. The summed E-state index contributed by atoms with van der Waals surface area (Å²) in [5, 5.41) is 0. The van der Waals surface area contributed by atoms with Gasteiger partial charge < -0.3 is 9.47 Å². The van der Waals surface area contributed by atoms with Crippen molar-refractivity contribution < 1.29 is 9.47 Å². The van der Waals surface area contributed by atoms with E-state index in [0.717, 1.165) is 17.5 Å². The highest BCUT2D eigenvalue weighted by Crippen LogP contribution is 2.27. The maximum atomic E-state index is 5.51. The second kappa shape index (κ2) is 19.0. The molecule has 0 amide bonds. The van der Waals surface area contributed by atoms with Gasteiger partial charge in [0.1, 0.15) is 5.76 Å². The summed E-state index contributed by atoms with van der Waals surface area (Å²) >= 11 is 0. The van der Waals surface area contributed by atoms with Gasteiger partial charge in [0.25, 0.3) is 0 Å². The highest BCUT2D eigenvalue weighted by Gasteiger charge is 2.10. The number of ether oxygens (including phenoxy) is 2. The molecule has 0 heterocycles. The van der Waals surface area contributed by atoms with E-state index in [1.807, 2.05) is 41.5 Å². The van der Waals surface area contributed by atoms with Crippen LogP contribution in [-0.4, -0.2) is 13.7 Å². The van der Waals surface area contributed by atoms with E-state index in [0.29, 0.717) is 19.0 Å². The van der Waals surface area contributed by atoms with E-state index in [2.05, 4.69) is 62.6 Å². The van der Waals surface area contributed by atoms with Crippen LogP contribution in [0.5, 0.6) is 0 Å². The van der Waals surface area contributed by atoms with E-state index in [4.69, 9.17) is 9.47 Å². The number of benzene rings is 1. The third-order valence-electron chi connectivity index (χ3n) is 3.64. The van der Waals surface area contributed by atoms with Crippen LogP contribution < -0.4 is 0 Å². The van der Waals surface area contributed by atoms with Crippen LogP contribution in [0.15, 0.2) is 67.3 Å². The summed E-state index contributed by atoms with van der Waals surface area (Å²) < 4.78 is 10.9. The smallest absolute Gasteiger partial charge is 0.119 e. The number of hydrogen-bond donors (Lipinski definition) is 0. The van der Waals surface area contributed by atoms with Gasteiger partial charge in [0.05, 0.1) is 13.2 Å². The van der Waals surface area contributed by atoms with Crippen molar-refractivity contribution in [3.63, 3.8) is 0 Å². The zero-order chi connectivity index (χ0) is 22.7. The first-order valence-electron chi connectivity index (χ1n) is 10.6. The molecule has 1 aromatic rings. The Balaban J connectivity index is 0. The second-order valence-electron chi connectivity index (χ2n) is 5.81.